The van der Waals surface area contributed by atoms with Gasteiger partial charge in [0.05, 0.1) is 39.6 Å². The Morgan fingerprint density at radius 2 is 1.47 bits per heavy atom. The number of ether oxygens (including phenoxy) is 3. The van der Waals surface area contributed by atoms with Gasteiger partial charge in [-0.3, -0.25) is 4.79 Å². The lowest BCUT2D eigenvalue weighted by Crippen LogP contribution is -2.10. The van der Waals surface area contributed by atoms with Gasteiger partial charge in [-0.1, -0.05) is 30.3 Å². The van der Waals surface area contributed by atoms with Crippen molar-refractivity contribution < 1.29 is 19.0 Å². The maximum absolute atomic E-state index is 10.6. The van der Waals surface area contributed by atoms with E-state index in [0.717, 1.165) is 5.56 Å². The third-order valence-electron chi connectivity index (χ3n) is 2.45. The van der Waals surface area contributed by atoms with Crippen molar-refractivity contribution in [3.8, 4) is 0 Å². The molecule has 0 amide bonds. The van der Waals surface area contributed by atoms with Gasteiger partial charge in [0.15, 0.2) is 0 Å². The number of ketones is 1. The molecule has 0 atom stereocenters. The van der Waals surface area contributed by atoms with Crippen molar-refractivity contribution in [3.63, 3.8) is 0 Å². The van der Waals surface area contributed by atoms with Gasteiger partial charge in [-0.05, 0) is 12.5 Å². The summed E-state index contributed by atoms with van der Waals surface area (Å²) in [5.74, 6) is 0.148. The summed E-state index contributed by atoms with van der Waals surface area (Å²) in [6, 6.07) is 10.0. The second-order valence-electron chi connectivity index (χ2n) is 4.21. The molecule has 0 aliphatic rings. The molecule has 0 bridgehead atoms. The summed E-state index contributed by atoms with van der Waals surface area (Å²) >= 11 is 0. The Hall–Kier alpha value is -1.23. The van der Waals surface area contributed by atoms with E-state index in [2.05, 4.69) is 0 Å². The fourth-order valence-electron chi connectivity index (χ4n) is 1.42. The number of Topliss-reactive ketones (excluding diaryl/α,β-unsaturated/α-hetero) is 1. The fraction of sp³-hybridized carbons (Fsp3) is 0.533. The molecule has 0 saturated heterocycles. The first kappa shape index (κ1) is 15.8. The van der Waals surface area contributed by atoms with E-state index in [1.165, 1.54) is 0 Å². The van der Waals surface area contributed by atoms with E-state index in [9.17, 15) is 4.79 Å². The summed E-state index contributed by atoms with van der Waals surface area (Å²) in [5.41, 5.74) is 1.16. The standard InChI is InChI=1S/C15H22O4/c1-14(16)7-8-17-9-10-18-11-12-19-13-15-5-3-2-4-6-15/h2-6H,7-13H2,1H3. The molecular formula is C15H22O4. The zero-order chi connectivity index (χ0) is 13.8. The molecule has 0 unspecified atom stereocenters. The summed E-state index contributed by atoms with van der Waals surface area (Å²) in [7, 11) is 0. The molecule has 1 aromatic rings. The minimum absolute atomic E-state index is 0.148. The highest BCUT2D eigenvalue weighted by Crippen LogP contribution is 1.99. The molecule has 0 aromatic heterocycles. The lowest BCUT2D eigenvalue weighted by atomic mass is 10.2. The van der Waals surface area contributed by atoms with E-state index in [0.29, 0.717) is 46.1 Å². The average Bonchev–Trinajstić information content (AvgIpc) is 2.42. The van der Waals surface area contributed by atoms with Gasteiger partial charge >= 0.3 is 0 Å². The molecular weight excluding hydrogens is 244 g/mol. The molecule has 1 aromatic carbocycles. The summed E-state index contributed by atoms with van der Waals surface area (Å²) in [4.78, 5) is 10.6. The molecule has 0 heterocycles. The number of hydrogen-bond acceptors (Lipinski definition) is 4. The Balaban J connectivity index is 1.83. The molecule has 0 saturated carbocycles. The van der Waals surface area contributed by atoms with E-state index in [-0.39, 0.29) is 5.78 Å². The highest BCUT2D eigenvalue weighted by atomic mass is 16.5. The summed E-state index contributed by atoms with van der Waals surface area (Å²) in [6.07, 6.45) is 0.472. The number of rotatable bonds is 11. The van der Waals surface area contributed by atoms with Crippen molar-refractivity contribution >= 4 is 5.78 Å². The van der Waals surface area contributed by atoms with E-state index in [1.54, 1.807) is 6.92 Å². The molecule has 4 heteroatoms. The third-order valence-corrected chi connectivity index (χ3v) is 2.45. The van der Waals surface area contributed by atoms with Crippen LogP contribution in [0.4, 0.5) is 0 Å². The predicted molar refractivity (Wildman–Crippen MR) is 73.0 cm³/mol. The average molecular weight is 266 g/mol. The second-order valence-corrected chi connectivity index (χ2v) is 4.21. The van der Waals surface area contributed by atoms with Crippen LogP contribution in [0.1, 0.15) is 18.9 Å². The molecule has 4 nitrogen and oxygen atoms in total. The van der Waals surface area contributed by atoms with Crippen LogP contribution in [0.15, 0.2) is 30.3 Å². The lowest BCUT2D eigenvalue weighted by Gasteiger charge is -2.06. The normalized spacial score (nSPS) is 10.6. The van der Waals surface area contributed by atoms with E-state index < -0.39 is 0 Å². The number of hydrogen-bond donors (Lipinski definition) is 0. The maximum atomic E-state index is 10.6. The molecule has 0 spiro atoms. The smallest absolute Gasteiger partial charge is 0.132 e. The maximum Gasteiger partial charge on any atom is 0.132 e. The molecule has 19 heavy (non-hydrogen) atoms. The summed E-state index contributed by atoms with van der Waals surface area (Å²) in [5, 5.41) is 0. The van der Waals surface area contributed by atoms with Crippen LogP contribution in [-0.2, 0) is 25.6 Å². The number of benzene rings is 1. The first-order valence-electron chi connectivity index (χ1n) is 6.55. The Morgan fingerprint density at radius 3 is 2.11 bits per heavy atom. The van der Waals surface area contributed by atoms with Gasteiger partial charge in [-0.2, -0.15) is 0 Å². The molecule has 0 aliphatic carbocycles. The van der Waals surface area contributed by atoms with Crippen molar-refractivity contribution in [3.05, 3.63) is 35.9 Å². The monoisotopic (exact) mass is 266 g/mol. The highest BCUT2D eigenvalue weighted by molar-refractivity contribution is 5.75. The van der Waals surface area contributed by atoms with Crippen LogP contribution in [0, 0.1) is 0 Å². The highest BCUT2D eigenvalue weighted by Gasteiger charge is 1.95. The summed E-state index contributed by atoms with van der Waals surface area (Å²) in [6.45, 7) is 4.83. The van der Waals surface area contributed by atoms with Crippen LogP contribution in [0.2, 0.25) is 0 Å². The molecule has 0 fully saturated rings. The Bertz CT molecular complexity index is 337. The predicted octanol–water partition coefficient (Wildman–Crippen LogP) is 2.22. The van der Waals surface area contributed by atoms with Crippen molar-refractivity contribution in [1.29, 1.82) is 0 Å². The fourth-order valence-corrected chi connectivity index (χ4v) is 1.42. The van der Waals surface area contributed by atoms with Crippen LogP contribution in [0.3, 0.4) is 0 Å². The number of carbonyl (C=O) groups is 1. The molecule has 0 radical (unpaired) electrons. The van der Waals surface area contributed by atoms with E-state index in [1.807, 2.05) is 30.3 Å². The van der Waals surface area contributed by atoms with Gasteiger partial charge in [-0.25, -0.2) is 0 Å². The largest absolute Gasteiger partial charge is 0.379 e. The zero-order valence-electron chi connectivity index (χ0n) is 11.5. The minimum atomic E-state index is 0.148. The van der Waals surface area contributed by atoms with Gasteiger partial charge in [-0.15, -0.1) is 0 Å². The molecule has 0 N–H and O–H groups in total. The van der Waals surface area contributed by atoms with E-state index in [4.69, 9.17) is 14.2 Å². The molecule has 106 valence electrons. The van der Waals surface area contributed by atoms with Gasteiger partial charge < -0.3 is 14.2 Å². The van der Waals surface area contributed by atoms with Gasteiger partial charge in [0, 0.05) is 6.42 Å². The quantitative estimate of drug-likeness (QED) is 0.576. The van der Waals surface area contributed by atoms with E-state index >= 15 is 0 Å². The Labute approximate surface area is 114 Å². The van der Waals surface area contributed by atoms with Crippen molar-refractivity contribution in [1.82, 2.24) is 0 Å². The SMILES string of the molecule is CC(=O)CCOCCOCCOCc1ccccc1. The number of carbonyl (C=O) groups excluding carboxylic acids is 1. The summed E-state index contributed by atoms with van der Waals surface area (Å²) < 4.78 is 16.0. The minimum Gasteiger partial charge on any atom is -0.379 e. The zero-order valence-corrected chi connectivity index (χ0v) is 11.5. The van der Waals surface area contributed by atoms with Crippen LogP contribution in [-0.4, -0.2) is 38.8 Å². The molecule has 0 aliphatic heterocycles. The van der Waals surface area contributed by atoms with Crippen molar-refractivity contribution in [2.24, 2.45) is 0 Å². The topological polar surface area (TPSA) is 44.8 Å². The van der Waals surface area contributed by atoms with Gasteiger partial charge in [0.25, 0.3) is 0 Å². The molecule has 1 rings (SSSR count). The van der Waals surface area contributed by atoms with Crippen LogP contribution < -0.4 is 0 Å². The van der Waals surface area contributed by atoms with Gasteiger partial charge in [0.1, 0.15) is 5.78 Å². The van der Waals surface area contributed by atoms with Crippen molar-refractivity contribution in [2.45, 2.75) is 20.0 Å². The van der Waals surface area contributed by atoms with Gasteiger partial charge in [0.2, 0.25) is 0 Å². The Morgan fingerprint density at radius 1 is 0.895 bits per heavy atom. The first-order chi connectivity index (χ1) is 9.29. The van der Waals surface area contributed by atoms with Crippen LogP contribution in [0.5, 0.6) is 0 Å². The lowest BCUT2D eigenvalue weighted by molar-refractivity contribution is -0.118. The Kier molecular flexibility index (Phi) is 8.89. The third kappa shape index (κ3) is 9.36. The van der Waals surface area contributed by atoms with Crippen molar-refractivity contribution in [2.75, 3.05) is 33.0 Å². The second kappa shape index (κ2) is 10.7. The van der Waals surface area contributed by atoms with Crippen LogP contribution in [0.25, 0.3) is 0 Å². The van der Waals surface area contributed by atoms with Crippen LogP contribution >= 0.6 is 0 Å². The first-order valence-corrected chi connectivity index (χ1v) is 6.55.